The van der Waals surface area contributed by atoms with Gasteiger partial charge >= 0.3 is 5.69 Å². The highest BCUT2D eigenvalue weighted by Gasteiger charge is 2.16. The molecule has 0 fully saturated rings. The number of amides is 2. The Morgan fingerprint density at radius 3 is 2.58 bits per heavy atom. The molecule has 0 saturated carbocycles. The van der Waals surface area contributed by atoms with Crippen molar-refractivity contribution >= 4 is 34.8 Å². The average molecular weight is 378 g/mol. The number of para-hydroxylation sites is 2. The molecule has 0 spiro atoms. The Balaban J connectivity index is 2.08. The van der Waals surface area contributed by atoms with Crippen molar-refractivity contribution in [1.29, 1.82) is 0 Å². The molecule has 136 valence electrons. The fourth-order valence-corrected chi connectivity index (χ4v) is 2.24. The lowest BCUT2D eigenvalue weighted by Crippen LogP contribution is -2.23. The standard InChI is InChI=1S/C17H16ClN3O5/c1-20(2)17(23)11-7-8-12(18)13(9-11)19-16(22)10-26-15-6-4-3-5-14(15)21(24)25/h3-9H,10H2,1-2H3,(H,19,22). The molecule has 0 aliphatic heterocycles. The summed E-state index contributed by atoms with van der Waals surface area (Å²) < 4.78 is 5.22. The molecule has 0 saturated heterocycles. The van der Waals surface area contributed by atoms with Gasteiger partial charge in [-0.1, -0.05) is 23.7 Å². The molecule has 2 aromatic carbocycles. The number of benzene rings is 2. The quantitative estimate of drug-likeness (QED) is 0.616. The molecule has 0 heterocycles. The number of nitro groups is 1. The maximum Gasteiger partial charge on any atom is 0.310 e. The zero-order chi connectivity index (χ0) is 19.3. The van der Waals surface area contributed by atoms with Crippen LogP contribution in [-0.4, -0.2) is 42.3 Å². The lowest BCUT2D eigenvalue weighted by atomic mass is 10.2. The molecule has 0 bridgehead atoms. The summed E-state index contributed by atoms with van der Waals surface area (Å²) in [5, 5.41) is 13.7. The van der Waals surface area contributed by atoms with Crippen LogP contribution in [-0.2, 0) is 4.79 Å². The summed E-state index contributed by atoms with van der Waals surface area (Å²) in [6.07, 6.45) is 0. The second kappa shape index (κ2) is 8.30. The van der Waals surface area contributed by atoms with Crippen molar-refractivity contribution in [3.8, 4) is 5.75 Å². The number of nitrogens with one attached hydrogen (secondary N) is 1. The summed E-state index contributed by atoms with van der Waals surface area (Å²) in [6, 6.07) is 10.2. The van der Waals surface area contributed by atoms with Gasteiger partial charge in [-0.3, -0.25) is 19.7 Å². The molecule has 8 nitrogen and oxygen atoms in total. The summed E-state index contributed by atoms with van der Waals surface area (Å²) in [5.41, 5.74) is 0.363. The van der Waals surface area contributed by atoms with Crippen molar-refractivity contribution in [3.63, 3.8) is 0 Å². The van der Waals surface area contributed by atoms with E-state index >= 15 is 0 Å². The molecule has 0 aromatic heterocycles. The van der Waals surface area contributed by atoms with E-state index < -0.39 is 17.4 Å². The number of hydrogen-bond acceptors (Lipinski definition) is 5. The van der Waals surface area contributed by atoms with Crippen LogP contribution in [0.15, 0.2) is 42.5 Å². The molecule has 2 rings (SSSR count). The van der Waals surface area contributed by atoms with Crippen LogP contribution in [0.4, 0.5) is 11.4 Å². The van der Waals surface area contributed by atoms with Gasteiger partial charge in [0.25, 0.3) is 11.8 Å². The Labute approximate surface area is 154 Å². The Hall–Kier alpha value is -3.13. The van der Waals surface area contributed by atoms with Gasteiger partial charge in [0.2, 0.25) is 0 Å². The fourth-order valence-electron chi connectivity index (χ4n) is 2.07. The van der Waals surface area contributed by atoms with Crippen LogP contribution in [0.5, 0.6) is 5.75 Å². The number of anilines is 1. The number of ether oxygens (including phenoxy) is 1. The first-order valence-electron chi connectivity index (χ1n) is 7.47. The number of carbonyl (C=O) groups excluding carboxylic acids is 2. The molecule has 0 unspecified atom stereocenters. The molecule has 0 atom stereocenters. The SMILES string of the molecule is CN(C)C(=O)c1ccc(Cl)c(NC(=O)COc2ccccc2[N+](=O)[O-])c1. The minimum absolute atomic E-state index is 0.0183. The van der Waals surface area contributed by atoms with Crippen molar-refractivity contribution in [2.75, 3.05) is 26.0 Å². The lowest BCUT2D eigenvalue weighted by Gasteiger charge is -2.13. The van der Waals surface area contributed by atoms with Gasteiger partial charge in [0.15, 0.2) is 12.4 Å². The third-order valence-electron chi connectivity index (χ3n) is 3.31. The first-order valence-corrected chi connectivity index (χ1v) is 7.84. The highest BCUT2D eigenvalue weighted by Crippen LogP contribution is 2.26. The van der Waals surface area contributed by atoms with Gasteiger partial charge < -0.3 is 15.0 Å². The predicted octanol–water partition coefficient (Wildman–Crippen LogP) is 2.97. The van der Waals surface area contributed by atoms with Crippen LogP contribution < -0.4 is 10.1 Å². The second-order valence-electron chi connectivity index (χ2n) is 5.46. The molecule has 26 heavy (non-hydrogen) atoms. The maximum atomic E-state index is 12.1. The van der Waals surface area contributed by atoms with Crippen molar-refractivity contribution in [2.24, 2.45) is 0 Å². The number of carbonyl (C=O) groups is 2. The largest absolute Gasteiger partial charge is 0.477 e. The Morgan fingerprint density at radius 1 is 1.23 bits per heavy atom. The Bertz CT molecular complexity index is 854. The van der Waals surface area contributed by atoms with Crippen molar-refractivity contribution in [3.05, 3.63) is 63.2 Å². The minimum atomic E-state index is -0.597. The molecule has 2 amide bonds. The first-order chi connectivity index (χ1) is 12.3. The van der Waals surface area contributed by atoms with E-state index in [1.165, 1.54) is 35.2 Å². The summed E-state index contributed by atoms with van der Waals surface area (Å²) in [5.74, 6) is -0.830. The van der Waals surface area contributed by atoms with E-state index in [4.69, 9.17) is 16.3 Å². The average Bonchev–Trinajstić information content (AvgIpc) is 2.61. The van der Waals surface area contributed by atoms with Gasteiger partial charge in [-0.2, -0.15) is 0 Å². The minimum Gasteiger partial charge on any atom is -0.477 e. The maximum absolute atomic E-state index is 12.1. The van der Waals surface area contributed by atoms with Gasteiger partial charge in [0, 0.05) is 25.7 Å². The number of hydrogen-bond donors (Lipinski definition) is 1. The van der Waals surface area contributed by atoms with Crippen molar-refractivity contribution < 1.29 is 19.2 Å². The third kappa shape index (κ3) is 4.70. The lowest BCUT2D eigenvalue weighted by molar-refractivity contribution is -0.385. The number of nitrogens with zero attached hydrogens (tertiary/aromatic N) is 2. The summed E-state index contributed by atoms with van der Waals surface area (Å²) in [6.45, 7) is -0.451. The third-order valence-corrected chi connectivity index (χ3v) is 3.64. The normalized spacial score (nSPS) is 10.1. The highest BCUT2D eigenvalue weighted by molar-refractivity contribution is 6.33. The summed E-state index contributed by atoms with van der Waals surface area (Å²) >= 11 is 6.04. The molecule has 9 heteroatoms. The second-order valence-corrected chi connectivity index (χ2v) is 5.86. The van der Waals surface area contributed by atoms with Crippen LogP contribution >= 0.6 is 11.6 Å². The van der Waals surface area contributed by atoms with Gasteiger partial charge in [-0.25, -0.2) is 0 Å². The molecule has 2 aromatic rings. The van der Waals surface area contributed by atoms with E-state index in [1.807, 2.05) is 0 Å². The fraction of sp³-hybridized carbons (Fsp3) is 0.176. The zero-order valence-corrected chi connectivity index (χ0v) is 14.8. The van der Waals surface area contributed by atoms with E-state index in [0.29, 0.717) is 5.56 Å². The zero-order valence-electron chi connectivity index (χ0n) is 14.1. The molecular weight excluding hydrogens is 362 g/mol. The number of nitro benzene ring substituents is 1. The van der Waals surface area contributed by atoms with Crippen LogP contribution in [0, 0.1) is 10.1 Å². The van der Waals surface area contributed by atoms with E-state index in [1.54, 1.807) is 26.2 Å². The Morgan fingerprint density at radius 2 is 1.92 bits per heavy atom. The van der Waals surface area contributed by atoms with Gasteiger partial charge in [0.05, 0.1) is 15.6 Å². The highest BCUT2D eigenvalue weighted by atomic mass is 35.5. The van der Waals surface area contributed by atoms with Gasteiger partial charge in [-0.15, -0.1) is 0 Å². The van der Waals surface area contributed by atoms with E-state index in [2.05, 4.69) is 5.32 Å². The van der Waals surface area contributed by atoms with E-state index in [9.17, 15) is 19.7 Å². The molecule has 0 aliphatic rings. The molecule has 0 radical (unpaired) electrons. The molecular formula is C17H16ClN3O5. The van der Waals surface area contributed by atoms with Crippen molar-refractivity contribution in [2.45, 2.75) is 0 Å². The van der Waals surface area contributed by atoms with Crippen LogP contribution in [0.1, 0.15) is 10.4 Å². The molecule has 0 aliphatic carbocycles. The number of rotatable bonds is 6. The summed E-state index contributed by atoms with van der Waals surface area (Å²) in [4.78, 5) is 35.8. The smallest absolute Gasteiger partial charge is 0.310 e. The first kappa shape index (κ1) is 19.2. The van der Waals surface area contributed by atoms with Crippen molar-refractivity contribution in [1.82, 2.24) is 4.90 Å². The molecule has 1 N–H and O–H groups in total. The topological polar surface area (TPSA) is 102 Å². The van der Waals surface area contributed by atoms with Crippen LogP contribution in [0.3, 0.4) is 0 Å². The van der Waals surface area contributed by atoms with Gasteiger partial charge in [0.1, 0.15) is 0 Å². The number of halogens is 1. The van der Waals surface area contributed by atoms with Crippen LogP contribution in [0.25, 0.3) is 0 Å². The van der Waals surface area contributed by atoms with E-state index in [0.717, 1.165) is 0 Å². The predicted molar refractivity (Wildman–Crippen MR) is 96.7 cm³/mol. The van der Waals surface area contributed by atoms with Gasteiger partial charge in [-0.05, 0) is 24.3 Å². The van der Waals surface area contributed by atoms with Crippen LogP contribution in [0.2, 0.25) is 5.02 Å². The monoisotopic (exact) mass is 377 g/mol. The Kier molecular flexibility index (Phi) is 6.13. The summed E-state index contributed by atoms with van der Waals surface area (Å²) in [7, 11) is 3.21. The van der Waals surface area contributed by atoms with E-state index in [-0.39, 0.29) is 28.1 Å².